The van der Waals surface area contributed by atoms with Gasteiger partial charge < -0.3 is 9.47 Å². The van der Waals surface area contributed by atoms with E-state index in [2.05, 4.69) is 47.6 Å². The molecule has 4 aliphatic carbocycles. The average Bonchev–Trinajstić information content (AvgIpc) is 3.16. The highest BCUT2D eigenvalue weighted by Gasteiger charge is 2.59. The Balaban J connectivity index is 1.37. The summed E-state index contributed by atoms with van der Waals surface area (Å²) in [4.78, 5) is 0. The van der Waals surface area contributed by atoms with Gasteiger partial charge in [0.25, 0.3) is 0 Å². The van der Waals surface area contributed by atoms with E-state index in [1.165, 1.54) is 70.6 Å². The van der Waals surface area contributed by atoms with Crippen molar-refractivity contribution in [1.29, 1.82) is 0 Å². The minimum absolute atomic E-state index is 0.414. The molecule has 0 aromatic heterocycles. The normalized spacial score (nSPS) is 40.4. The van der Waals surface area contributed by atoms with Crippen molar-refractivity contribution in [2.45, 2.75) is 125 Å². The molecule has 196 valence electrons. The minimum Gasteiger partial charge on any atom is -0.379 e. The van der Waals surface area contributed by atoms with Crippen molar-refractivity contribution in [3.63, 3.8) is 0 Å². The molecule has 0 aliphatic heterocycles. The SMILES string of the molecule is CCCOCCO[C@H]1CC[C@@]2(C)C(=CCC3C4CCC(C(C)CCCC(C)C)[C@@]4(C)CCC32)C1. The summed E-state index contributed by atoms with van der Waals surface area (Å²) >= 11 is 0. The zero-order valence-corrected chi connectivity index (χ0v) is 23.5. The molecule has 0 aromatic carbocycles. The predicted molar refractivity (Wildman–Crippen MR) is 144 cm³/mol. The summed E-state index contributed by atoms with van der Waals surface area (Å²) in [5, 5.41) is 0. The lowest BCUT2D eigenvalue weighted by Crippen LogP contribution is -2.51. The first-order valence-electron chi connectivity index (χ1n) is 15.2. The number of allylic oxidation sites excluding steroid dienone is 1. The number of ether oxygens (including phenoxy) is 2. The molecule has 34 heavy (non-hydrogen) atoms. The molecule has 0 amide bonds. The van der Waals surface area contributed by atoms with Crippen molar-refractivity contribution in [3.8, 4) is 0 Å². The molecule has 5 unspecified atom stereocenters. The van der Waals surface area contributed by atoms with E-state index in [1.54, 1.807) is 5.57 Å². The highest BCUT2D eigenvalue weighted by molar-refractivity contribution is 5.25. The zero-order chi connectivity index (χ0) is 24.3. The molecule has 0 bridgehead atoms. The molecule has 0 N–H and O–H groups in total. The smallest absolute Gasteiger partial charge is 0.0704 e. The van der Waals surface area contributed by atoms with Crippen molar-refractivity contribution in [2.75, 3.05) is 19.8 Å². The number of hydrogen-bond donors (Lipinski definition) is 0. The molecule has 2 nitrogen and oxygen atoms in total. The molecule has 0 spiro atoms. The van der Waals surface area contributed by atoms with E-state index in [1.807, 2.05) is 0 Å². The second-order valence-electron chi connectivity index (χ2n) is 13.6. The number of hydrogen-bond acceptors (Lipinski definition) is 2. The van der Waals surface area contributed by atoms with Crippen molar-refractivity contribution < 1.29 is 9.47 Å². The topological polar surface area (TPSA) is 18.5 Å². The predicted octanol–water partition coefficient (Wildman–Crippen LogP) is 8.84. The zero-order valence-electron chi connectivity index (χ0n) is 23.5. The lowest BCUT2D eigenvalue weighted by molar-refractivity contribution is -0.0677. The third kappa shape index (κ3) is 5.34. The van der Waals surface area contributed by atoms with E-state index in [0.717, 1.165) is 61.7 Å². The van der Waals surface area contributed by atoms with E-state index >= 15 is 0 Å². The number of fused-ring (bicyclic) bond motifs is 5. The van der Waals surface area contributed by atoms with Gasteiger partial charge in [0.1, 0.15) is 0 Å². The fourth-order valence-electron chi connectivity index (χ4n) is 9.31. The van der Waals surface area contributed by atoms with Gasteiger partial charge in [0.05, 0.1) is 19.3 Å². The van der Waals surface area contributed by atoms with Crippen LogP contribution in [0.15, 0.2) is 11.6 Å². The highest BCUT2D eigenvalue weighted by Crippen LogP contribution is 2.67. The van der Waals surface area contributed by atoms with Gasteiger partial charge in [-0.3, -0.25) is 0 Å². The first-order valence-corrected chi connectivity index (χ1v) is 15.2. The lowest BCUT2D eigenvalue weighted by Gasteiger charge is -2.58. The van der Waals surface area contributed by atoms with E-state index in [0.29, 0.717) is 16.9 Å². The Morgan fingerprint density at radius 1 is 0.941 bits per heavy atom. The van der Waals surface area contributed by atoms with Gasteiger partial charge in [-0.25, -0.2) is 0 Å². The molecule has 0 aromatic rings. The van der Waals surface area contributed by atoms with Crippen LogP contribution in [0.1, 0.15) is 119 Å². The van der Waals surface area contributed by atoms with Gasteiger partial charge in [0.15, 0.2) is 0 Å². The minimum atomic E-state index is 0.414. The van der Waals surface area contributed by atoms with E-state index in [4.69, 9.17) is 9.47 Å². The summed E-state index contributed by atoms with van der Waals surface area (Å²) in [5.74, 6) is 5.53. The standard InChI is InChI=1S/C32H56O2/c1-7-19-33-20-21-34-26-15-17-31(5)25(22-26)11-12-27-29-14-13-28(24(4)10-8-9-23(2)3)32(29,6)18-16-30(27)31/h11,23-24,26-30H,7-10,12-22H2,1-6H3/t24?,26-,27?,28?,29?,30?,31-,32+/m0/s1. The summed E-state index contributed by atoms with van der Waals surface area (Å²) in [7, 11) is 0. The van der Waals surface area contributed by atoms with Crippen LogP contribution in [0.2, 0.25) is 0 Å². The maximum atomic E-state index is 6.27. The molecule has 2 heteroatoms. The fourth-order valence-corrected chi connectivity index (χ4v) is 9.31. The van der Waals surface area contributed by atoms with E-state index in [9.17, 15) is 0 Å². The van der Waals surface area contributed by atoms with E-state index in [-0.39, 0.29) is 0 Å². The van der Waals surface area contributed by atoms with Crippen LogP contribution in [0.25, 0.3) is 0 Å². The maximum Gasteiger partial charge on any atom is 0.0704 e. The van der Waals surface area contributed by atoms with Crippen LogP contribution in [0, 0.1) is 46.3 Å². The van der Waals surface area contributed by atoms with Crippen LogP contribution in [-0.4, -0.2) is 25.9 Å². The monoisotopic (exact) mass is 472 g/mol. The van der Waals surface area contributed by atoms with E-state index < -0.39 is 0 Å². The van der Waals surface area contributed by atoms with Crippen LogP contribution in [0.3, 0.4) is 0 Å². The quantitative estimate of drug-likeness (QED) is 0.221. The third-order valence-corrected chi connectivity index (χ3v) is 11.2. The summed E-state index contributed by atoms with van der Waals surface area (Å²) in [6.45, 7) is 17.3. The van der Waals surface area contributed by atoms with Gasteiger partial charge in [-0.05, 0) is 104 Å². The molecule has 3 fully saturated rings. The molecular weight excluding hydrogens is 416 g/mol. The van der Waals surface area contributed by atoms with Crippen molar-refractivity contribution in [2.24, 2.45) is 46.3 Å². The van der Waals surface area contributed by atoms with Gasteiger partial charge in [0.2, 0.25) is 0 Å². The van der Waals surface area contributed by atoms with Crippen LogP contribution in [0.5, 0.6) is 0 Å². The van der Waals surface area contributed by atoms with Gasteiger partial charge in [-0.15, -0.1) is 0 Å². The molecule has 0 saturated heterocycles. The van der Waals surface area contributed by atoms with Crippen molar-refractivity contribution in [1.82, 2.24) is 0 Å². The first-order chi connectivity index (χ1) is 16.3. The molecule has 4 aliphatic rings. The average molecular weight is 473 g/mol. The maximum absolute atomic E-state index is 6.27. The Kier molecular flexibility index (Phi) is 8.93. The highest BCUT2D eigenvalue weighted by atomic mass is 16.5. The molecular formula is C32H56O2. The fraction of sp³-hybridized carbons (Fsp3) is 0.938. The number of rotatable bonds is 11. The van der Waals surface area contributed by atoms with Crippen molar-refractivity contribution in [3.05, 3.63) is 11.6 Å². The Morgan fingerprint density at radius 3 is 2.53 bits per heavy atom. The largest absolute Gasteiger partial charge is 0.379 e. The second-order valence-corrected chi connectivity index (χ2v) is 13.6. The van der Waals surface area contributed by atoms with Crippen molar-refractivity contribution >= 4 is 0 Å². The van der Waals surface area contributed by atoms with Gasteiger partial charge in [-0.2, -0.15) is 0 Å². The Morgan fingerprint density at radius 2 is 1.76 bits per heavy atom. The summed E-state index contributed by atoms with van der Waals surface area (Å²) < 4.78 is 11.9. The van der Waals surface area contributed by atoms with Crippen LogP contribution in [0.4, 0.5) is 0 Å². The molecule has 0 radical (unpaired) electrons. The Hall–Kier alpha value is -0.340. The Labute approximate surface area is 212 Å². The van der Waals surface area contributed by atoms with Crippen LogP contribution >= 0.6 is 0 Å². The molecule has 0 heterocycles. The lowest BCUT2D eigenvalue weighted by atomic mass is 9.47. The van der Waals surface area contributed by atoms with Crippen LogP contribution in [-0.2, 0) is 9.47 Å². The summed E-state index contributed by atoms with van der Waals surface area (Å²) in [5.41, 5.74) is 2.78. The summed E-state index contributed by atoms with van der Waals surface area (Å²) in [6.07, 6.45) is 19.5. The molecule has 3 saturated carbocycles. The van der Waals surface area contributed by atoms with Gasteiger partial charge in [-0.1, -0.05) is 72.5 Å². The van der Waals surface area contributed by atoms with Crippen LogP contribution < -0.4 is 0 Å². The Bertz CT molecular complexity index is 682. The third-order valence-electron chi connectivity index (χ3n) is 11.2. The van der Waals surface area contributed by atoms with Gasteiger partial charge >= 0.3 is 0 Å². The molecule has 4 rings (SSSR count). The second kappa shape index (κ2) is 11.4. The molecule has 8 atom stereocenters. The first kappa shape index (κ1) is 26.7. The summed E-state index contributed by atoms with van der Waals surface area (Å²) in [6, 6.07) is 0. The van der Waals surface area contributed by atoms with Gasteiger partial charge in [0, 0.05) is 6.61 Å².